The summed E-state index contributed by atoms with van der Waals surface area (Å²) in [6.07, 6.45) is -4.35. The van der Waals surface area contributed by atoms with Gasteiger partial charge in [-0.25, -0.2) is 0 Å². The van der Waals surface area contributed by atoms with Gasteiger partial charge in [-0.05, 0) is 39.2 Å². The highest BCUT2D eigenvalue weighted by molar-refractivity contribution is 9.10. The molecular formula is C12H16BrF3N2. The molecule has 1 aromatic carbocycles. The first-order valence-electron chi connectivity index (χ1n) is 5.48. The molecule has 0 radical (unpaired) electrons. The quantitative estimate of drug-likeness (QED) is 0.905. The zero-order valence-electron chi connectivity index (χ0n) is 10.5. The van der Waals surface area contributed by atoms with Gasteiger partial charge >= 0.3 is 6.18 Å². The summed E-state index contributed by atoms with van der Waals surface area (Å²) in [4.78, 5) is 1.92. The summed E-state index contributed by atoms with van der Waals surface area (Å²) in [7, 11) is 3.76. The van der Waals surface area contributed by atoms with Crippen molar-refractivity contribution in [2.45, 2.75) is 19.1 Å². The number of hydrogen-bond donors (Lipinski definition) is 1. The number of likely N-dealkylation sites (N-methyl/N-ethyl adjacent to an activating group) is 1. The van der Waals surface area contributed by atoms with Crippen molar-refractivity contribution in [3.63, 3.8) is 0 Å². The zero-order valence-corrected chi connectivity index (χ0v) is 12.1. The van der Waals surface area contributed by atoms with Gasteiger partial charge < -0.3 is 10.2 Å². The molecule has 1 N–H and O–H groups in total. The van der Waals surface area contributed by atoms with Crippen molar-refractivity contribution in [3.05, 3.63) is 28.2 Å². The Morgan fingerprint density at radius 1 is 1.33 bits per heavy atom. The Morgan fingerprint density at radius 3 is 2.44 bits per heavy atom. The van der Waals surface area contributed by atoms with E-state index in [9.17, 15) is 13.2 Å². The maximum atomic E-state index is 12.8. The molecule has 2 nitrogen and oxygen atoms in total. The molecule has 1 unspecified atom stereocenters. The van der Waals surface area contributed by atoms with E-state index in [1.165, 1.54) is 12.1 Å². The lowest BCUT2D eigenvalue weighted by atomic mass is 10.1. The molecular weight excluding hydrogens is 309 g/mol. The number of hydrogen-bond acceptors (Lipinski definition) is 2. The summed E-state index contributed by atoms with van der Waals surface area (Å²) in [6.45, 7) is 2.50. The van der Waals surface area contributed by atoms with Crippen LogP contribution in [0.5, 0.6) is 0 Å². The van der Waals surface area contributed by atoms with E-state index < -0.39 is 11.7 Å². The summed E-state index contributed by atoms with van der Waals surface area (Å²) < 4.78 is 39.1. The maximum absolute atomic E-state index is 12.8. The predicted octanol–water partition coefficient (Wildman–Crippen LogP) is 3.83. The molecule has 0 spiro atoms. The standard InChI is InChI=1S/C12H16BrF3N2/c1-8(7-18(2)3)17-11-6-9(13)4-5-10(11)12(14,15)16/h4-6,8,17H,7H2,1-3H3. The highest BCUT2D eigenvalue weighted by Gasteiger charge is 2.33. The fourth-order valence-electron chi connectivity index (χ4n) is 1.74. The van der Waals surface area contributed by atoms with Crippen LogP contribution in [-0.4, -0.2) is 31.6 Å². The molecule has 0 aliphatic rings. The molecule has 0 bridgehead atoms. The summed E-state index contributed by atoms with van der Waals surface area (Å²) in [6, 6.07) is 3.85. The smallest absolute Gasteiger partial charge is 0.381 e. The number of rotatable bonds is 4. The van der Waals surface area contributed by atoms with E-state index in [2.05, 4.69) is 21.2 Å². The van der Waals surface area contributed by atoms with Gasteiger partial charge in [-0.2, -0.15) is 13.2 Å². The van der Waals surface area contributed by atoms with Crippen LogP contribution in [0.2, 0.25) is 0 Å². The molecule has 0 aliphatic heterocycles. The minimum Gasteiger partial charge on any atom is -0.381 e. The van der Waals surface area contributed by atoms with Gasteiger partial charge in [0.1, 0.15) is 0 Å². The number of benzene rings is 1. The van der Waals surface area contributed by atoms with Crippen LogP contribution in [0.25, 0.3) is 0 Å². The lowest BCUT2D eigenvalue weighted by Crippen LogP contribution is -2.30. The number of nitrogens with one attached hydrogen (secondary N) is 1. The summed E-state index contributed by atoms with van der Waals surface area (Å²) >= 11 is 3.19. The van der Waals surface area contributed by atoms with E-state index in [4.69, 9.17) is 0 Å². The maximum Gasteiger partial charge on any atom is 0.418 e. The lowest BCUT2D eigenvalue weighted by molar-refractivity contribution is -0.137. The number of nitrogens with zero attached hydrogens (tertiary/aromatic N) is 1. The van der Waals surface area contributed by atoms with Crippen LogP contribution < -0.4 is 5.32 Å². The van der Waals surface area contributed by atoms with E-state index in [0.29, 0.717) is 11.0 Å². The lowest BCUT2D eigenvalue weighted by Gasteiger charge is -2.22. The van der Waals surface area contributed by atoms with E-state index in [0.717, 1.165) is 6.07 Å². The van der Waals surface area contributed by atoms with Crippen molar-refractivity contribution in [1.29, 1.82) is 0 Å². The third kappa shape index (κ3) is 4.49. The summed E-state index contributed by atoms with van der Waals surface area (Å²) in [5.74, 6) is 0. The van der Waals surface area contributed by atoms with Gasteiger partial charge in [0.25, 0.3) is 0 Å². The first kappa shape index (κ1) is 15.3. The minimum absolute atomic E-state index is 0.0737. The van der Waals surface area contributed by atoms with Gasteiger partial charge in [0.05, 0.1) is 5.56 Å². The molecule has 102 valence electrons. The van der Waals surface area contributed by atoms with Crippen molar-refractivity contribution in [3.8, 4) is 0 Å². The van der Waals surface area contributed by atoms with Crippen LogP contribution >= 0.6 is 15.9 Å². The Kier molecular flexibility index (Phi) is 5.04. The highest BCUT2D eigenvalue weighted by atomic mass is 79.9. The van der Waals surface area contributed by atoms with Gasteiger partial charge in [0.2, 0.25) is 0 Å². The van der Waals surface area contributed by atoms with Gasteiger partial charge in [-0.15, -0.1) is 0 Å². The molecule has 6 heteroatoms. The van der Waals surface area contributed by atoms with Crippen molar-refractivity contribution in [2.24, 2.45) is 0 Å². The molecule has 0 fully saturated rings. The molecule has 0 amide bonds. The fourth-order valence-corrected chi connectivity index (χ4v) is 2.10. The SMILES string of the molecule is CC(CN(C)C)Nc1cc(Br)ccc1C(F)(F)F. The van der Waals surface area contributed by atoms with Crippen molar-refractivity contribution in [1.82, 2.24) is 4.90 Å². The fraction of sp³-hybridized carbons (Fsp3) is 0.500. The van der Waals surface area contributed by atoms with Crippen LogP contribution in [0.3, 0.4) is 0 Å². The van der Waals surface area contributed by atoms with Crippen LogP contribution in [0.15, 0.2) is 22.7 Å². The van der Waals surface area contributed by atoms with Crippen LogP contribution in [0.1, 0.15) is 12.5 Å². The van der Waals surface area contributed by atoms with E-state index >= 15 is 0 Å². The molecule has 0 saturated carbocycles. The van der Waals surface area contributed by atoms with Crippen molar-refractivity contribution >= 4 is 21.6 Å². The van der Waals surface area contributed by atoms with Gasteiger partial charge in [0.15, 0.2) is 0 Å². The van der Waals surface area contributed by atoms with Crippen LogP contribution in [0, 0.1) is 0 Å². The normalized spacial score (nSPS) is 13.8. The van der Waals surface area contributed by atoms with Crippen LogP contribution in [0.4, 0.5) is 18.9 Å². The van der Waals surface area contributed by atoms with Crippen molar-refractivity contribution in [2.75, 3.05) is 26.0 Å². The molecule has 0 aliphatic carbocycles. The summed E-state index contributed by atoms with van der Waals surface area (Å²) in [5, 5.41) is 2.90. The van der Waals surface area contributed by atoms with Gasteiger partial charge in [0, 0.05) is 22.7 Å². The molecule has 0 saturated heterocycles. The topological polar surface area (TPSA) is 15.3 Å². The largest absolute Gasteiger partial charge is 0.418 e. The average molecular weight is 325 g/mol. The van der Waals surface area contributed by atoms with Crippen molar-refractivity contribution < 1.29 is 13.2 Å². The Labute approximate surface area is 113 Å². The molecule has 18 heavy (non-hydrogen) atoms. The first-order valence-corrected chi connectivity index (χ1v) is 6.27. The third-order valence-corrected chi connectivity index (χ3v) is 2.82. The first-order chi connectivity index (χ1) is 8.20. The average Bonchev–Trinajstić information content (AvgIpc) is 2.13. The molecule has 1 atom stereocenters. The third-order valence-electron chi connectivity index (χ3n) is 2.33. The molecule has 1 rings (SSSR count). The van der Waals surface area contributed by atoms with E-state index in [1.807, 2.05) is 25.9 Å². The Balaban J connectivity index is 2.96. The second-order valence-electron chi connectivity index (χ2n) is 4.50. The summed E-state index contributed by atoms with van der Waals surface area (Å²) in [5.41, 5.74) is -0.539. The van der Waals surface area contributed by atoms with Gasteiger partial charge in [-0.3, -0.25) is 0 Å². The van der Waals surface area contributed by atoms with E-state index in [-0.39, 0.29) is 11.7 Å². The number of halogens is 4. The zero-order chi connectivity index (χ0) is 13.9. The monoisotopic (exact) mass is 324 g/mol. The number of anilines is 1. The molecule has 0 aromatic heterocycles. The number of alkyl halides is 3. The predicted molar refractivity (Wildman–Crippen MR) is 70.8 cm³/mol. The minimum atomic E-state index is -4.35. The second kappa shape index (κ2) is 5.93. The Bertz CT molecular complexity index is 405. The van der Waals surface area contributed by atoms with E-state index in [1.54, 1.807) is 0 Å². The Morgan fingerprint density at radius 2 is 1.94 bits per heavy atom. The molecule has 0 heterocycles. The highest BCUT2D eigenvalue weighted by Crippen LogP contribution is 2.36. The van der Waals surface area contributed by atoms with Gasteiger partial charge in [-0.1, -0.05) is 15.9 Å². The molecule has 1 aromatic rings. The Hall–Kier alpha value is -0.750. The van der Waals surface area contributed by atoms with Crippen LogP contribution in [-0.2, 0) is 6.18 Å². The second-order valence-corrected chi connectivity index (χ2v) is 5.41.